The van der Waals surface area contributed by atoms with Crippen molar-refractivity contribution in [2.45, 2.75) is 44.1 Å². The summed E-state index contributed by atoms with van der Waals surface area (Å²) in [4.78, 5) is 14.5. The number of H-pyrrole nitrogens is 1. The Hall–Kier alpha value is -2.14. The van der Waals surface area contributed by atoms with Crippen LogP contribution >= 0.6 is 0 Å². The molecule has 0 unspecified atom stereocenters. The minimum atomic E-state index is -0.574. The van der Waals surface area contributed by atoms with Gasteiger partial charge in [-0.05, 0) is 38.2 Å². The van der Waals surface area contributed by atoms with Crippen molar-refractivity contribution in [1.29, 1.82) is 0 Å². The van der Waals surface area contributed by atoms with Gasteiger partial charge in [0.05, 0.1) is 11.7 Å². The summed E-state index contributed by atoms with van der Waals surface area (Å²) in [6, 6.07) is 8.51. The van der Waals surface area contributed by atoms with Crippen LogP contribution in [-0.4, -0.2) is 39.6 Å². The molecule has 5 heteroatoms. The number of aromatic nitrogens is 2. The van der Waals surface area contributed by atoms with Crippen LogP contribution in [0, 0.1) is 6.92 Å². The van der Waals surface area contributed by atoms with Gasteiger partial charge in [-0.1, -0.05) is 29.8 Å². The van der Waals surface area contributed by atoms with Crippen LogP contribution < -0.4 is 5.73 Å². The van der Waals surface area contributed by atoms with Gasteiger partial charge in [-0.25, -0.2) is 0 Å². The van der Waals surface area contributed by atoms with Gasteiger partial charge in [-0.3, -0.25) is 9.89 Å². The van der Waals surface area contributed by atoms with E-state index in [0.29, 0.717) is 5.92 Å². The maximum atomic E-state index is 12.6. The first-order valence-electron chi connectivity index (χ1n) is 8.75. The monoisotopic (exact) mass is 324 g/mol. The van der Waals surface area contributed by atoms with Gasteiger partial charge in [0.25, 0.3) is 0 Å². The highest BCUT2D eigenvalue weighted by molar-refractivity contribution is 5.89. The molecule has 1 aromatic carbocycles. The molecule has 2 heterocycles. The third kappa shape index (κ3) is 2.73. The maximum Gasteiger partial charge on any atom is 0.242 e. The lowest BCUT2D eigenvalue weighted by Gasteiger charge is -2.34. The fourth-order valence-electron chi connectivity index (χ4n) is 3.63. The maximum absolute atomic E-state index is 12.6. The molecule has 1 saturated carbocycles. The molecule has 5 nitrogen and oxygen atoms in total. The van der Waals surface area contributed by atoms with Gasteiger partial charge in [-0.15, -0.1) is 0 Å². The van der Waals surface area contributed by atoms with Crippen molar-refractivity contribution in [2.24, 2.45) is 5.73 Å². The van der Waals surface area contributed by atoms with E-state index in [1.165, 1.54) is 11.1 Å². The van der Waals surface area contributed by atoms with Gasteiger partial charge in [0.1, 0.15) is 0 Å². The fourth-order valence-corrected chi connectivity index (χ4v) is 3.63. The summed E-state index contributed by atoms with van der Waals surface area (Å²) in [5, 5.41) is 7.46. The highest BCUT2D eigenvalue weighted by atomic mass is 16.2. The normalized spacial score (nSPS) is 22.4. The number of aromatic amines is 1. The number of hydrogen-bond acceptors (Lipinski definition) is 3. The van der Waals surface area contributed by atoms with E-state index < -0.39 is 5.54 Å². The van der Waals surface area contributed by atoms with Gasteiger partial charge in [0.2, 0.25) is 5.91 Å². The van der Waals surface area contributed by atoms with Crippen molar-refractivity contribution in [1.82, 2.24) is 15.1 Å². The van der Waals surface area contributed by atoms with Gasteiger partial charge in [-0.2, -0.15) is 5.10 Å². The lowest BCUT2D eigenvalue weighted by atomic mass is 9.90. The van der Waals surface area contributed by atoms with Gasteiger partial charge < -0.3 is 10.6 Å². The van der Waals surface area contributed by atoms with Crippen LogP contribution in [-0.2, 0) is 4.79 Å². The molecule has 126 valence electrons. The molecular formula is C19H24N4O. The van der Waals surface area contributed by atoms with Crippen molar-refractivity contribution in [3.05, 3.63) is 41.7 Å². The Morgan fingerprint density at radius 1 is 1.33 bits per heavy atom. The Morgan fingerprint density at radius 2 is 2.08 bits per heavy atom. The van der Waals surface area contributed by atoms with E-state index in [1.54, 1.807) is 0 Å². The summed E-state index contributed by atoms with van der Waals surface area (Å²) < 4.78 is 0. The Balaban J connectivity index is 1.57. The average Bonchev–Trinajstić information content (AvgIpc) is 3.17. The summed E-state index contributed by atoms with van der Waals surface area (Å²) >= 11 is 0. The quantitative estimate of drug-likeness (QED) is 0.911. The highest BCUT2D eigenvalue weighted by Gasteiger charge is 2.48. The van der Waals surface area contributed by atoms with Crippen molar-refractivity contribution < 1.29 is 4.79 Å². The number of aryl methyl sites for hydroxylation is 1. The van der Waals surface area contributed by atoms with Crippen molar-refractivity contribution in [3.63, 3.8) is 0 Å². The molecule has 0 spiro atoms. The number of nitrogens with zero attached hydrogens (tertiary/aromatic N) is 2. The van der Waals surface area contributed by atoms with Gasteiger partial charge in [0, 0.05) is 30.3 Å². The molecule has 4 rings (SSSR count). The lowest BCUT2D eigenvalue weighted by Crippen LogP contribution is -2.49. The molecule has 3 N–H and O–H groups in total. The first-order chi connectivity index (χ1) is 11.6. The van der Waals surface area contributed by atoms with Crippen LogP contribution in [0.1, 0.15) is 42.9 Å². The molecule has 1 aliphatic carbocycles. The molecule has 1 atom stereocenters. The van der Waals surface area contributed by atoms with E-state index in [9.17, 15) is 4.79 Å². The van der Waals surface area contributed by atoms with Crippen molar-refractivity contribution >= 4 is 5.91 Å². The Kier molecular flexibility index (Phi) is 3.68. The molecule has 1 saturated heterocycles. The van der Waals surface area contributed by atoms with Crippen LogP contribution in [0.2, 0.25) is 0 Å². The number of nitrogens with two attached hydrogens (primary N) is 1. The second-order valence-electron chi connectivity index (χ2n) is 7.31. The zero-order valence-electron chi connectivity index (χ0n) is 14.1. The molecule has 24 heavy (non-hydrogen) atoms. The number of likely N-dealkylation sites (tertiary alicyclic amines) is 1. The van der Waals surface area contributed by atoms with Crippen LogP contribution in [0.25, 0.3) is 11.1 Å². The summed E-state index contributed by atoms with van der Waals surface area (Å²) in [7, 11) is 0. The van der Waals surface area contributed by atoms with Crippen molar-refractivity contribution in [3.8, 4) is 11.1 Å². The standard InChI is InChI=1S/C19H24N4O/c1-13-4-6-14(7-5-13)16-11-21-22-17(16)15-3-2-10-23(12-15)18(24)19(20)8-9-19/h4-7,11,15H,2-3,8-10,12,20H2,1H3,(H,21,22)/t15-/m0/s1. The predicted molar refractivity (Wildman–Crippen MR) is 93.5 cm³/mol. The van der Waals surface area contributed by atoms with Gasteiger partial charge >= 0.3 is 0 Å². The number of rotatable bonds is 3. The molecule has 0 radical (unpaired) electrons. The third-order valence-corrected chi connectivity index (χ3v) is 5.36. The van der Waals surface area contributed by atoms with Crippen molar-refractivity contribution in [2.75, 3.05) is 13.1 Å². The van der Waals surface area contributed by atoms with E-state index >= 15 is 0 Å². The summed E-state index contributed by atoms with van der Waals surface area (Å²) in [6.45, 7) is 3.65. The summed E-state index contributed by atoms with van der Waals surface area (Å²) in [6.07, 6.45) is 5.63. The molecule has 2 aliphatic rings. The van der Waals surface area contributed by atoms with E-state index in [1.807, 2.05) is 11.1 Å². The Labute approximate surface area is 142 Å². The predicted octanol–water partition coefficient (Wildman–Crippen LogP) is 2.58. The molecule has 1 amide bonds. The van der Waals surface area contributed by atoms with E-state index in [-0.39, 0.29) is 5.91 Å². The minimum absolute atomic E-state index is 0.128. The largest absolute Gasteiger partial charge is 0.340 e. The average molecular weight is 324 g/mol. The third-order valence-electron chi connectivity index (χ3n) is 5.36. The smallest absolute Gasteiger partial charge is 0.242 e. The summed E-state index contributed by atoms with van der Waals surface area (Å²) in [5.74, 6) is 0.424. The number of carbonyl (C=O) groups is 1. The topological polar surface area (TPSA) is 75.0 Å². The Morgan fingerprint density at radius 3 is 2.79 bits per heavy atom. The fraction of sp³-hybridized carbons (Fsp3) is 0.474. The number of piperidine rings is 1. The minimum Gasteiger partial charge on any atom is -0.340 e. The Bertz CT molecular complexity index is 745. The highest BCUT2D eigenvalue weighted by Crippen LogP contribution is 2.38. The van der Waals surface area contributed by atoms with Crippen LogP contribution in [0.5, 0.6) is 0 Å². The first kappa shape index (κ1) is 15.4. The van der Waals surface area contributed by atoms with E-state index in [2.05, 4.69) is 41.4 Å². The van der Waals surface area contributed by atoms with E-state index in [4.69, 9.17) is 5.73 Å². The molecular weight excluding hydrogens is 300 g/mol. The second kappa shape index (κ2) is 5.74. The van der Waals surface area contributed by atoms with Gasteiger partial charge in [0.15, 0.2) is 0 Å². The number of nitrogens with one attached hydrogen (secondary N) is 1. The lowest BCUT2D eigenvalue weighted by molar-refractivity contribution is -0.134. The molecule has 1 aromatic heterocycles. The number of benzene rings is 1. The molecule has 2 fully saturated rings. The van der Waals surface area contributed by atoms with Crippen LogP contribution in [0.3, 0.4) is 0 Å². The number of hydrogen-bond donors (Lipinski definition) is 2. The number of carbonyl (C=O) groups excluding carboxylic acids is 1. The van der Waals surface area contributed by atoms with Crippen LogP contribution in [0.4, 0.5) is 0 Å². The molecule has 0 bridgehead atoms. The zero-order valence-corrected chi connectivity index (χ0v) is 14.1. The van der Waals surface area contributed by atoms with Crippen LogP contribution in [0.15, 0.2) is 30.5 Å². The molecule has 1 aliphatic heterocycles. The van der Waals surface area contributed by atoms with E-state index in [0.717, 1.165) is 50.0 Å². The summed E-state index contributed by atoms with van der Waals surface area (Å²) in [5.41, 5.74) is 10.2. The number of amides is 1. The molecule has 2 aromatic rings. The first-order valence-corrected chi connectivity index (χ1v) is 8.75. The zero-order chi connectivity index (χ0) is 16.7. The SMILES string of the molecule is Cc1ccc(-c2cn[nH]c2[C@H]2CCCN(C(=O)C3(N)CC3)C2)cc1. The second-order valence-corrected chi connectivity index (χ2v) is 7.31.